The minimum absolute atomic E-state index is 0.0392. The summed E-state index contributed by atoms with van der Waals surface area (Å²) in [5.41, 5.74) is 2.88. The standard InChI is InChI=1S/C22H29N3O/c1-25(2)22(12-6-3-7-13-22)15-23-21(26)18-14-20(16-10-11-16)24-19-9-5-4-8-17(18)19/h4-5,8-9,14,16H,3,6-7,10-13,15H2,1-2H3,(H,23,26). The maximum Gasteiger partial charge on any atom is 0.252 e. The summed E-state index contributed by atoms with van der Waals surface area (Å²) in [5, 5.41) is 4.22. The van der Waals surface area contributed by atoms with E-state index < -0.39 is 0 Å². The Hall–Kier alpha value is -1.94. The number of para-hydroxylation sites is 1. The van der Waals surface area contributed by atoms with Crippen molar-refractivity contribution in [1.82, 2.24) is 15.2 Å². The van der Waals surface area contributed by atoms with E-state index in [1.54, 1.807) is 0 Å². The lowest BCUT2D eigenvalue weighted by Gasteiger charge is -2.43. The van der Waals surface area contributed by atoms with Crippen LogP contribution < -0.4 is 5.32 Å². The van der Waals surface area contributed by atoms with E-state index in [0.717, 1.165) is 35.0 Å². The van der Waals surface area contributed by atoms with Gasteiger partial charge in [-0.1, -0.05) is 37.5 Å². The third kappa shape index (κ3) is 3.35. The number of pyridine rings is 1. The van der Waals surface area contributed by atoms with Crippen LogP contribution in [0.3, 0.4) is 0 Å². The van der Waals surface area contributed by atoms with E-state index in [9.17, 15) is 4.79 Å². The number of aromatic nitrogens is 1. The quantitative estimate of drug-likeness (QED) is 0.882. The zero-order chi connectivity index (χ0) is 18.1. The molecule has 2 aliphatic rings. The lowest BCUT2D eigenvalue weighted by Crippen LogP contribution is -2.53. The number of benzene rings is 1. The van der Waals surface area contributed by atoms with Crippen molar-refractivity contribution in [2.45, 2.75) is 56.4 Å². The molecule has 4 heteroatoms. The smallest absolute Gasteiger partial charge is 0.252 e. The average Bonchev–Trinajstić information content (AvgIpc) is 3.51. The molecule has 4 nitrogen and oxygen atoms in total. The highest BCUT2D eigenvalue weighted by Gasteiger charge is 2.35. The molecule has 0 bridgehead atoms. The predicted octanol–water partition coefficient (Wildman–Crippen LogP) is 4.11. The highest BCUT2D eigenvalue weighted by atomic mass is 16.1. The Morgan fingerprint density at radius 3 is 2.62 bits per heavy atom. The van der Waals surface area contributed by atoms with Gasteiger partial charge in [-0.2, -0.15) is 0 Å². The summed E-state index contributed by atoms with van der Waals surface area (Å²) in [6.45, 7) is 0.717. The Kier molecular flexibility index (Phi) is 4.70. The van der Waals surface area contributed by atoms with Gasteiger partial charge in [-0.15, -0.1) is 0 Å². The van der Waals surface area contributed by atoms with Crippen molar-refractivity contribution in [2.24, 2.45) is 0 Å². The maximum atomic E-state index is 13.1. The second-order valence-electron chi connectivity index (χ2n) is 8.25. The Bertz CT molecular complexity index is 804. The first kappa shape index (κ1) is 17.5. The summed E-state index contributed by atoms with van der Waals surface area (Å²) < 4.78 is 0. The first-order chi connectivity index (χ1) is 12.6. The Morgan fingerprint density at radius 2 is 1.92 bits per heavy atom. The number of hydrogen-bond acceptors (Lipinski definition) is 3. The minimum atomic E-state index is 0.0392. The van der Waals surface area contributed by atoms with Crippen LogP contribution in [0.5, 0.6) is 0 Å². The summed E-state index contributed by atoms with van der Waals surface area (Å²) in [4.78, 5) is 20.2. The van der Waals surface area contributed by atoms with Crippen LogP contribution in [0.25, 0.3) is 10.9 Å². The topological polar surface area (TPSA) is 45.2 Å². The van der Waals surface area contributed by atoms with Crippen LogP contribution in [0.2, 0.25) is 0 Å². The number of rotatable bonds is 5. The number of amides is 1. The summed E-state index contributed by atoms with van der Waals surface area (Å²) in [5.74, 6) is 0.579. The molecule has 2 fully saturated rings. The molecule has 0 unspecified atom stereocenters. The van der Waals surface area contributed by atoms with Crippen LogP contribution in [0, 0.1) is 0 Å². The summed E-state index contributed by atoms with van der Waals surface area (Å²) in [6, 6.07) is 10.0. The van der Waals surface area contributed by atoms with E-state index >= 15 is 0 Å². The Balaban J connectivity index is 1.59. The fourth-order valence-corrected chi connectivity index (χ4v) is 4.30. The van der Waals surface area contributed by atoms with E-state index in [0.29, 0.717) is 12.5 Å². The van der Waals surface area contributed by atoms with Crippen molar-refractivity contribution in [2.75, 3.05) is 20.6 Å². The van der Waals surface area contributed by atoms with E-state index in [1.165, 1.54) is 32.1 Å². The molecule has 0 atom stereocenters. The number of likely N-dealkylation sites (N-methyl/N-ethyl adjacent to an activating group) is 1. The molecule has 1 aromatic heterocycles. The number of hydrogen-bond donors (Lipinski definition) is 1. The van der Waals surface area contributed by atoms with Gasteiger partial charge in [0.2, 0.25) is 0 Å². The van der Waals surface area contributed by atoms with Crippen LogP contribution in [-0.2, 0) is 0 Å². The highest BCUT2D eigenvalue weighted by molar-refractivity contribution is 6.06. The van der Waals surface area contributed by atoms with E-state index in [4.69, 9.17) is 4.98 Å². The first-order valence-electron chi connectivity index (χ1n) is 9.94. The fraction of sp³-hybridized carbons (Fsp3) is 0.545. The van der Waals surface area contributed by atoms with E-state index in [1.807, 2.05) is 30.3 Å². The van der Waals surface area contributed by atoms with Crippen molar-refractivity contribution < 1.29 is 4.79 Å². The Morgan fingerprint density at radius 1 is 1.19 bits per heavy atom. The van der Waals surface area contributed by atoms with Gasteiger partial charge >= 0.3 is 0 Å². The third-order valence-electron chi connectivity index (χ3n) is 6.29. The second kappa shape index (κ2) is 6.99. The van der Waals surface area contributed by atoms with Gasteiger partial charge in [0.05, 0.1) is 11.1 Å². The molecule has 138 valence electrons. The van der Waals surface area contributed by atoms with Gasteiger partial charge in [0.15, 0.2) is 0 Å². The molecule has 2 aliphatic carbocycles. The van der Waals surface area contributed by atoms with E-state index in [-0.39, 0.29) is 11.4 Å². The van der Waals surface area contributed by atoms with Gasteiger partial charge in [0.1, 0.15) is 0 Å². The fourth-order valence-electron chi connectivity index (χ4n) is 4.30. The van der Waals surface area contributed by atoms with Gasteiger partial charge in [0.25, 0.3) is 5.91 Å². The number of fused-ring (bicyclic) bond motifs is 1. The molecule has 0 aliphatic heterocycles. The Labute approximate surface area is 156 Å². The number of carbonyl (C=O) groups is 1. The normalized spacial score (nSPS) is 19.7. The summed E-state index contributed by atoms with van der Waals surface area (Å²) >= 11 is 0. The number of carbonyl (C=O) groups excluding carboxylic acids is 1. The first-order valence-corrected chi connectivity index (χ1v) is 9.94. The maximum absolute atomic E-state index is 13.1. The molecular formula is C22H29N3O. The zero-order valence-electron chi connectivity index (χ0n) is 15.9. The average molecular weight is 351 g/mol. The van der Waals surface area contributed by atoms with Crippen LogP contribution in [0.1, 0.15) is 66.9 Å². The molecule has 1 heterocycles. The molecule has 2 aromatic rings. The SMILES string of the molecule is CN(C)C1(CNC(=O)c2cc(C3CC3)nc3ccccc23)CCCCC1. The summed E-state index contributed by atoms with van der Waals surface area (Å²) in [6.07, 6.45) is 8.50. The predicted molar refractivity (Wildman–Crippen MR) is 106 cm³/mol. The van der Waals surface area contributed by atoms with Crippen molar-refractivity contribution >= 4 is 16.8 Å². The lowest BCUT2D eigenvalue weighted by molar-refractivity contribution is 0.0800. The van der Waals surface area contributed by atoms with Crippen molar-refractivity contribution in [3.8, 4) is 0 Å². The van der Waals surface area contributed by atoms with Crippen molar-refractivity contribution in [3.63, 3.8) is 0 Å². The monoisotopic (exact) mass is 351 g/mol. The van der Waals surface area contributed by atoms with Gasteiger partial charge in [-0.25, -0.2) is 0 Å². The molecule has 1 aromatic carbocycles. The molecule has 1 amide bonds. The van der Waals surface area contributed by atoms with Crippen LogP contribution >= 0.6 is 0 Å². The molecule has 2 saturated carbocycles. The van der Waals surface area contributed by atoms with Gasteiger partial charge in [-0.05, 0) is 51.9 Å². The molecule has 0 spiro atoms. The van der Waals surface area contributed by atoms with Crippen molar-refractivity contribution in [1.29, 1.82) is 0 Å². The number of nitrogens with one attached hydrogen (secondary N) is 1. The molecule has 0 radical (unpaired) electrons. The molecule has 26 heavy (non-hydrogen) atoms. The lowest BCUT2D eigenvalue weighted by atomic mass is 9.80. The largest absolute Gasteiger partial charge is 0.350 e. The molecule has 1 N–H and O–H groups in total. The van der Waals surface area contributed by atoms with Crippen molar-refractivity contribution in [3.05, 3.63) is 41.6 Å². The molecule has 0 saturated heterocycles. The minimum Gasteiger partial charge on any atom is -0.350 e. The second-order valence-corrected chi connectivity index (χ2v) is 8.25. The van der Waals surface area contributed by atoms with Crippen LogP contribution in [0.15, 0.2) is 30.3 Å². The third-order valence-corrected chi connectivity index (χ3v) is 6.29. The molecular weight excluding hydrogens is 322 g/mol. The van der Waals surface area contributed by atoms with Gasteiger partial charge in [0, 0.05) is 29.1 Å². The van der Waals surface area contributed by atoms with Gasteiger partial charge < -0.3 is 10.2 Å². The highest BCUT2D eigenvalue weighted by Crippen LogP contribution is 2.40. The van der Waals surface area contributed by atoms with Crippen LogP contribution in [-0.4, -0.2) is 42.0 Å². The number of nitrogens with zero attached hydrogens (tertiary/aromatic N) is 2. The van der Waals surface area contributed by atoms with Gasteiger partial charge in [-0.3, -0.25) is 9.78 Å². The van der Waals surface area contributed by atoms with Crippen LogP contribution in [0.4, 0.5) is 0 Å². The molecule has 4 rings (SSSR count). The van der Waals surface area contributed by atoms with E-state index in [2.05, 4.69) is 24.3 Å². The zero-order valence-corrected chi connectivity index (χ0v) is 15.9. The summed E-state index contributed by atoms with van der Waals surface area (Å²) in [7, 11) is 4.29.